The number of ether oxygens (including phenoxy) is 1. The summed E-state index contributed by atoms with van der Waals surface area (Å²) in [6.07, 6.45) is 2.82. The molecular weight excluding hydrogens is 404 g/mol. The van der Waals surface area contributed by atoms with E-state index in [0.717, 1.165) is 42.3 Å². The molecule has 1 atom stereocenters. The number of hydrogen-bond donors (Lipinski definition) is 2. The Morgan fingerprint density at radius 1 is 1.17 bits per heavy atom. The Bertz CT molecular complexity index is 1050. The summed E-state index contributed by atoms with van der Waals surface area (Å²) in [4.78, 5) is 3.62. The quantitative estimate of drug-likeness (QED) is 0.481. The lowest BCUT2D eigenvalue weighted by atomic mass is 9.98. The van der Waals surface area contributed by atoms with Crippen LogP contribution in [0.15, 0.2) is 18.3 Å². The average Bonchev–Trinajstić information content (AvgIpc) is 3.01. The zero-order valence-corrected chi connectivity index (χ0v) is 16.5. The van der Waals surface area contributed by atoms with Gasteiger partial charge in [-0.25, -0.2) is 27.1 Å². The van der Waals surface area contributed by atoms with Crippen LogP contribution in [-0.2, 0) is 4.74 Å². The second-order valence-electron chi connectivity index (χ2n) is 7.27. The van der Waals surface area contributed by atoms with Gasteiger partial charge >= 0.3 is 0 Å². The molecule has 1 aromatic carbocycles. The zero-order valence-electron chi connectivity index (χ0n) is 16.5. The third-order valence-corrected chi connectivity index (χ3v) is 4.69. The van der Waals surface area contributed by atoms with Gasteiger partial charge in [0.2, 0.25) is 5.95 Å². The van der Waals surface area contributed by atoms with Crippen LogP contribution in [-0.4, -0.2) is 39.0 Å². The molecule has 1 aliphatic rings. The van der Waals surface area contributed by atoms with Crippen LogP contribution in [0.3, 0.4) is 0 Å². The maximum atomic E-state index is 14.4. The molecule has 1 fully saturated rings. The molecule has 30 heavy (non-hydrogen) atoms. The first-order valence-electron chi connectivity index (χ1n) is 9.44. The van der Waals surface area contributed by atoms with E-state index >= 15 is 0 Å². The van der Waals surface area contributed by atoms with Gasteiger partial charge in [-0.15, -0.1) is 5.10 Å². The molecule has 6 nitrogen and oxygen atoms in total. The molecule has 0 radical (unpaired) electrons. The summed E-state index contributed by atoms with van der Waals surface area (Å²) >= 11 is 0. The zero-order chi connectivity index (χ0) is 22.0. The van der Waals surface area contributed by atoms with Crippen molar-refractivity contribution < 1.29 is 27.4 Å². The van der Waals surface area contributed by atoms with Crippen LogP contribution < -0.4 is 5.73 Å². The summed E-state index contributed by atoms with van der Waals surface area (Å²) in [5.74, 6) is -5.00. The normalized spacial score (nSPS) is 16.6. The Hall–Kier alpha value is -2.72. The van der Waals surface area contributed by atoms with E-state index in [9.17, 15) is 17.6 Å². The summed E-state index contributed by atoms with van der Waals surface area (Å²) in [6, 6.07) is 1.76. The predicted molar refractivity (Wildman–Crippen MR) is 103 cm³/mol. The minimum atomic E-state index is -1.40. The number of anilines is 1. The van der Waals surface area contributed by atoms with Crippen molar-refractivity contribution in [2.75, 3.05) is 18.9 Å². The van der Waals surface area contributed by atoms with Gasteiger partial charge in [0, 0.05) is 12.7 Å². The highest BCUT2D eigenvalue weighted by atomic mass is 19.2. The summed E-state index contributed by atoms with van der Waals surface area (Å²) < 4.78 is 62.6. The first kappa shape index (κ1) is 22.0. The lowest BCUT2D eigenvalue weighted by Crippen LogP contribution is -2.21. The summed E-state index contributed by atoms with van der Waals surface area (Å²) in [5, 5.41) is 12.5. The third kappa shape index (κ3) is 4.39. The van der Waals surface area contributed by atoms with Crippen molar-refractivity contribution in [3.63, 3.8) is 0 Å². The second-order valence-corrected chi connectivity index (χ2v) is 7.27. The van der Waals surface area contributed by atoms with Gasteiger partial charge in [0.25, 0.3) is 0 Å². The SMILES string of the molecule is CC(C)c1cc(F)c(-c2cc(F)c3cnc(N)nn23)c(F)c1F.OC1CCCOC1. The van der Waals surface area contributed by atoms with Crippen LogP contribution in [0.4, 0.5) is 23.5 Å². The minimum Gasteiger partial charge on any atom is -0.391 e. The molecule has 3 heterocycles. The summed E-state index contributed by atoms with van der Waals surface area (Å²) in [5.41, 5.74) is 4.21. The van der Waals surface area contributed by atoms with Crippen molar-refractivity contribution in [3.8, 4) is 11.3 Å². The van der Waals surface area contributed by atoms with Crippen LogP contribution in [0.1, 0.15) is 38.2 Å². The summed E-state index contributed by atoms with van der Waals surface area (Å²) in [6.45, 7) is 4.59. The highest BCUT2D eigenvalue weighted by Crippen LogP contribution is 2.33. The van der Waals surface area contributed by atoms with Crippen LogP contribution in [0.2, 0.25) is 0 Å². The van der Waals surface area contributed by atoms with Crippen molar-refractivity contribution in [1.82, 2.24) is 14.6 Å². The van der Waals surface area contributed by atoms with Gasteiger partial charge < -0.3 is 15.6 Å². The minimum absolute atomic E-state index is 0.0979. The monoisotopic (exact) mass is 426 g/mol. The van der Waals surface area contributed by atoms with Crippen molar-refractivity contribution in [2.24, 2.45) is 0 Å². The molecule has 0 saturated carbocycles. The van der Waals surface area contributed by atoms with Crippen molar-refractivity contribution in [2.45, 2.75) is 38.7 Å². The standard InChI is InChI=1S/C15H12F4N4.C5H10O2/c1-6(2)7-3-9(17)12(14(19)13(7)18)10-4-8(16)11-5-21-15(20)22-23(10)11;6-5-2-1-3-7-4-5/h3-6H,1-2H3,(H2,20,22);5-6H,1-4H2. The van der Waals surface area contributed by atoms with Gasteiger partial charge in [-0.2, -0.15) is 0 Å². The smallest absolute Gasteiger partial charge is 0.238 e. The van der Waals surface area contributed by atoms with E-state index in [-0.39, 0.29) is 28.8 Å². The van der Waals surface area contributed by atoms with Gasteiger partial charge in [0.15, 0.2) is 17.5 Å². The van der Waals surface area contributed by atoms with Gasteiger partial charge in [-0.1, -0.05) is 13.8 Å². The summed E-state index contributed by atoms with van der Waals surface area (Å²) in [7, 11) is 0. The second kappa shape index (κ2) is 8.97. The fourth-order valence-corrected chi connectivity index (χ4v) is 3.14. The van der Waals surface area contributed by atoms with E-state index in [1.807, 2.05) is 0 Å². The molecule has 162 valence electrons. The number of rotatable bonds is 2. The van der Waals surface area contributed by atoms with Crippen molar-refractivity contribution >= 4 is 11.5 Å². The van der Waals surface area contributed by atoms with Gasteiger partial charge in [0.1, 0.15) is 11.3 Å². The Kier molecular flexibility index (Phi) is 6.57. The fraction of sp³-hybridized carbons (Fsp3) is 0.400. The lowest BCUT2D eigenvalue weighted by molar-refractivity contribution is -0.00535. The molecule has 1 aliphatic heterocycles. The molecule has 3 aromatic rings. The molecule has 2 aromatic heterocycles. The van der Waals surface area contributed by atoms with Crippen LogP contribution in [0.5, 0.6) is 0 Å². The fourth-order valence-electron chi connectivity index (χ4n) is 3.14. The number of nitrogen functional groups attached to an aromatic ring is 1. The van der Waals surface area contributed by atoms with E-state index in [0.29, 0.717) is 6.61 Å². The van der Waals surface area contributed by atoms with Gasteiger partial charge in [0.05, 0.1) is 30.2 Å². The molecule has 1 unspecified atom stereocenters. The van der Waals surface area contributed by atoms with Crippen LogP contribution in [0.25, 0.3) is 16.8 Å². The number of fused-ring (bicyclic) bond motifs is 1. The lowest BCUT2D eigenvalue weighted by Gasteiger charge is -2.15. The molecule has 3 N–H and O–H groups in total. The van der Waals surface area contributed by atoms with E-state index in [4.69, 9.17) is 15.6 Å². The number of halogens is 4. The number of benzene rings is 1. The number of aromatic nitrogens is 3. The number of nitrogens with two attached hydrogens (primary N) is 1. The van der Waals surface area contributed by atoms with E-state index in [2.05, 4.69) is 10.1 Å². The van der Waals surface area contributed by atoms with E-state index in [1.54, 1.807) is 13.8 Å². The topological polar surface area (TPSA) is 85.7 Å². The maximum absolute atomic E-state index is 14.4. The number of hydrogen-bond acceptors (Lipinski definition) is 5. The Morgan fingerprint density at radius 3 is 2.47 bits per heavy atom. The molecule has 0 amide bonds. The molecular formula is C20H22F4N4O2. The van der Waals surface area contributed by atoms with Crippen molar-refractivity contribution in [1.29, 1.82) is 0 Å². The van der Waals surface area contributed by atoms with E-state index in [1.165, 1.54) is 0 Å². The van der Waals surface area contributed by atoms with E-state index < -0.39 is 34.8 Å². The molecule has 0 spiro atoms. The van der Waals surface area contributed by atoms with Gasteiger partial charge in [-0.05, 0) is 30.4 Å². The highest BCUT2D eigenvalue weighted by molar-refractivity contribution is 5.68. The number of nitrogens with zero attached hydrogens (tertiary/aromatic N) is 3. The number of aliphatic hydroxyl groups excluding tert-OH is 1. The first-order valence-corrected chi connectivity index (χ1v) is 9.44. The molecule has 1 saturated heterocycles. The molecule has 0 aliphatic carbocycles. The van der Waals surface area contributed by atoms with Crippen molar-refractivity contribution in [3.05, 3.63) is 47.2 Å². The van der Waals surface area contributed by atoms with Gasteiger partial charge in [-0.3, -0.25) is 0 Å². The first-order chi connectivity index (χ1) is 14.2. The predicted octanol–water partition coefficient (Wildman–Crippen LogP) is 3.82. The highest BCUT2D eigenvalue weighted by Gasteiger charge is 2.25. The largest absolute Gasteiger partial charge is 0.391 e. The molecule has 4 rings (SSSR count). The Morgan fingerprint density at radius 2 is 1.90 bits per heavy atom. The number of aliphatic hydroxyl groups is 1. The maximum Gasteiger partial charge on any atom is 0.238 e. The van der Waals surface area contributed by atoms with Crippen LogP contribution in [0, 0.1) is 23.3 Å². The third-order valence-electron chi connectivity index (χ3n) is 4.69. The van der Waals surface area contributed by atoms with Crippen LogP contribution >= 0.6 is 0 Å². The molecule has 0 bridgehead atoms. The Balaban J connectivity index is 0.000000310. The Labute approximate surface area is 170 Å². The average molecular weight is 426 g/mol. The molecule has 10 heteroatoms.